The van der Waals surface area contributed by atoms with Crippen LogP contribution in [0.25, 0.3) is 0 Å². The van der Waals surface area contributed by atoms with Crippen LogP contribution in [0.4, 0.5) is 0 Å². The Hall–Kier alpha value is -2.89. The predicted octanol–water partition coefficient (Wildman–Crippen LogP) is 1.78. The van der Waals surface area contributed by atoms with Crippen molar-refractivity contribution in [1.82, 2.24) is 10.7 Å². The van der Waals surface area contributed by atoms with E-state index >= 15 is 0 Å². The van der Waals surface area contributed by atoms with Gasteiger partial charge in [0.25, 0.3) is 11.8 Å². The van der Waals surface area contributed by atoms with E-state index in [4.69, 9.17) is 4.42 Å². The fourth-order valence-electron chi connectivity index (χ4n) is 1.70. The highest BCUT2D eigenvalue weighted by molar-refractivity contribution is 5.96. The molecule has 0 atom stereocenters. The Labute approximate surface area is 128 Å². The number of hydrazone groups is 1. The molecular formula is C16H17N3O3. The molecule has 22 heavy (non-hydrogen) atoms. The van der Waals surface area contributed by atoms with Crippen LogP contribution >= 0.6 is 0 Å². The lowest BCUT2D eigenvalue weighted by atomic mass is 10.1. The van der Waals surface area contributed by atoms with E-state index in [0.717, 1.165) is 11.3 Å². The third kappa shape index (κ3) is 4.59. The molecule has 0 bridgehead atoms. The summed E-state index contributed by atoms with van der Waals surface area (Å²) in [6, 6.07) is 10.6. The number of rotatable bonds is 5. The number of hydrogen-bond donors (Lipinski definition) is 2. The van der Waals surface area contributed by atoms with Gasteiger partial charge in [-0.1, -0.05) is 17.7 Å². The fraction of sp³-hybridized carbons (Fsp3) is 0.188. The van der Waals surface area contributed by atoms with Crippen LogP contribution in [0, 0.1) is 13.8 Å². The summed E-state index contributed by atoms with van der Waals surface area (Å²) in [5.74, 6) is 0.584. The van der Waals surface area contributed by atoms with Crippen LogP contribution in [0.2, 0.25) is 0 Å². The Morgan fingerprint density at radius 3 is 2.50 bits per heavy atom. The molecule has 0 aliphatic rings. The molecule has 0 saturated heterocycles. The van der Waals surface area contributed by atoms with Gasteiger partial charge in [0.15, 0.2) is 0 Å². The van der Waals surface area contributed by atoms with Crippen molar-refractivity contribution in [3.05, 3.63) is 59.0 Å². The summed E-state index contributed by atoms with van der Waals surface area (Å²) < 4.78 is 5.26. The Balaban J connectivity index is 1.76. The third-order valence-electron chi connectivity index (χ3n) is 2.87. The second-order valence-corrected chi connectivity index (χ2v) is 4.79. The molecule has 2 amide bonds. The van der Waals surface area contributed by atoms with Crippen molar-refractivity contribution in [2.24, 2.45) is 5.10 Å². The lowest BCUT2D eigenvalue weighted by Crippen LogP contribution is -2.34. The first-order chi connectivity index (χ1) is 10.5. The van der Waals surface area contributed by atoms with E-state index < -0.39 is 5.91 Å². The zero-order valence-electron chi connectivity index (χ0n) is 12.4. The molecular weight excluding hydrogens is 282 g/mol. The second-order valence-electron chi connectivity index (χ2n) is 4.79. The molecule has 0 spiro atoms. The number of amides is 2. The van der Waals surface area contributed by atoms with E-state index in [1.807, 2.05) is 26.0 Å². The van der Waals surface area contributed by atoms with Crippen LogP contribution < -0.4 is 10.7 Å². The van der Waals surface area contributed by atoms with Crippen LogP contribution in [-0.2, 0) is 4.79 Å². The van der Waals surface area contributed by atoms with Crippen molar-refractivity contribution in [1.29, 1.82) is 0 Å². The number of nitrogens with one attached hydrogen (secondary N) is 2. The first-order valence-electron chi connectivity index (χ1n) is 6.78. The minimum atomic E-state index is -0.417. The van der Waals surface area contributed by atoms with E-state index in [-0.39, 0.29) is 12.5 Å². The van der Waals surface area contributed by atoms with Gasteiger partial charge < -0.3 is 9.73 Å². The molecule has 2 N–H and O–H groups in total. The molecule has 0 fully saturated rings. The molecule has 1 aromatic carbocycles. The summed E-state index contributed by atoms with van der Waals surface area (Å²) in [6.45, 7) is 3.60. The third-order valence-corrected chi connectivity index (χ3v) is 2.87. The molecule has 0 aliphatic heterocycles. The molecule has 114 valence electrons. The van der Waals surface area contributed by atoms with Crippen LogP contribution in [0.5, 0.6) is 0 Å². The lowest BCUT2D eigenvalue weighted by Gasteiger charge is -2.04. The smallest absolute Gasteiger partial charge is 0.259 e. The molecule has 6 heteroatoms. The molecule has 0 saturated carbocycles. The maximum Gasteiger partial charge on any atom is 0.259 e. The van der Waals surface area contributed by atoms with E-state index in [0.29, 0.717) is 11.3 Å². The average Bonchev–Trinajstić information content (AvgIpc) is 2.91. The van der Waals surface area contributed by atoms with Gasteiger partial charge in [0.05, 0.1) is 12.8 Å². The highest BCUT2D eigenvalue weighted by atomic mass is 16.3. The highest BCUT2D eigenvalue weighted by Gasteiger charge is 2.07. The van der Waals surface area contributed by atoms with Crippen molar-refractivity contribution >= 4 is 18.0 Å². The van der Waals surface area contributed by atoms with Gasteiger partial charge in [-0.05, 0) is 38.1 Å². The van der Waals surface area contributed by atoms with Crippen LogP contribution in [0.1, 0.15) is 27.4 Å². The Kier molecular flexibility index (Phi) is 5.08. The number of furan rings is 1. The van der Waals surface area contributed by atoms with Gasteiger partial charge in [0, 0.05) is 5.56 Å². The maximum absolute atomic E-state index is 11.8. The summed E-state index contributed by atoms with van der Waals surface area (Å²) in [5, 5.41) is 6.27. The van der Waals surface area contributed by atoms with E-state index in [9.17, 15) is 9.59 Å². The monoisotopic (exact) mass is 299 g/mol. The van der Waals surface area contributed by atoms with Crippen LogP contribution in [-0.4, -0.2) is 24.6 Å². The maximum atomic E-state index is 11.8. The minimum absolute atomic E-state index is 0.152. The van der Waals surface area contributed by atoms with Gasteiger partial charge in [-0.25, -0.2) is 5.43 Å². The summed E-state index contributed by atoms with van der Waals surface area (Å²) in [6.07, 6.45) is 1.40. The highest BCUT2D eigenvalue weighted by Crippen LogP contribution is 2.03. The number of aryl methyl sites for hydroxylation is 2. The molecule has 0 aliphatic carbocycles. The van der Waals surface area contributed by atoms with Gasteiger partial charge in [-0.2, -0.15) is 5.10 Å². The van der Waals surface area contributed by atoms with E-state index in [2.05, 4.69) is 15.8 Å². The molecule has 1 heterocycles. The quantitative estimate of drug-likeness (QED) is 0.652. The average molecular weight is 299 g/mol. The SMILES string of the molecule is Cc1ccc(C(=O)NCC(=O)NN=Cc2ccc(C)o2)cc1. The lowest BCUT2D eigenvalue weighted by molar-refractivity contribution is -0.120. The van der Waals surface area contributed by atoms with Crippen molar-refractivity contribution in [2.45, 2.75) is 13.8 Å². The van der Waals surface area contributed by atoms with Crippen molar-refractivity contribution in [2.75, 3.05) is 6.54 Å². The van der Waals surface area contributed by atoms with E-state index in [1.54, 1.807) is 24.3 Å². The van der Waals surface area contributed by atoms with E-state index in [1.165, 1.54) is 6.21 Å². The normalized spacial score (nSPS) is 10.6. The molecule has 6 nitrogen and oxygen atoms in total. The second kappa shape index (κ2) is 7.21. The van der Waals surface area contributed by atoms with Gasteiger partial charge in [0.2, 0.25) is 0 Å². The van der Waals surface area contributed by atoms with Gasteiger partial charge in [0.1, 0.15) is 11.5 Å². The Morgan fingerprint density at radius 1 is 1.14 bits per heavy atom. The minimum Gasteiger partial charge on any atom is -0.460 e. The number of benzene rings is 1. The zero-order valence-corrected chi connectivity index (χ0v) is 12.4. The van der Waals surface area contributed by atoms with Crippen molar-refractivity contribution < 1.29 is 14.0 Å². The molecule has 1 aromatic heterocycles. The summed E-state index contributed by atoms with van der Waals surface area (Å²) >= 11 is 0. The number of hydrogen-bond acceptors (Lipinski definition) is 4. The van der Waals surface area contributed by atoms with Crippen molar-refractivity contribution in [3.63, 3.8) is 0 Å². The summed E-state index contributed by atoms with van der Waals surface area (Å²) in [7, 11) is 0. The first kappa shape index (κ1) is 15.5. The standard InChI is InChI=1S/C16H17N3O3/c1-11-3-6-13(7-4-11)16(21)17-10-15(20)19-18-9-14-8-5-12(2)22-14/h3-9H,10H2,1-2H3,(H,17,21)(H,19,20). The largest absolute Gasteiger partial charge is 0.460 e. The number of nitrogens with zero attached hydrogens (tertiary/aromatic N) is 1. The van der Waals surface area contributed by atoms with Crippen LogP contribution in [0.3, 0.4) is 0 Å². The number of carbonyl (C=O) groups excluding carboxylic acids is 2. The topological polar surface area (TPSA) is 83.7 Å². The first-order valence-corrected chi connectivity index (χ1v) is 6.78. The fourth-order valence-corrected chi connectivity index (χ4v) is 1.70. The van der Waals surface area contributed by atoms with Crippen LogP contribution in [0.15, 0.2) is 45.9 Å². The van der Waals surface area contributed by atoms with Crippen molar-refractivity contribution in [3.8, 4) is 0 Å². The summed E-state index contributed by atoms with van der Waals surface area (Å²) in [4.78, 5) is 23.4. The Bertz CT molecular complexity index is 687. The zero-order chi connectivity index (χ0) is 15.9. The molecule has 2 rings (SSSR count). The Morgan fingerprint density at radius 2 is 1.86 bits per heavy atom. The molecule has 0 radical (unpaired) electrons. The van der Waals surface area contributed by atoms with Gasteiger partial charge in [-0.15, -0.1) is 0 Å². The predicted molar refractivity (Wildman–Crippen MR) is 82.7 cm³/mol. The van der Waals surface area contributed by atoms with Gasteiger partial charge in [-0.3, -0.25) is 9.59 Å². The summed E-state index contributed by atoms with van der Waals surface area (Å²) in [5.41, 5.74) is 3.89. The molecule has 0 unspecified atom stereocenters. The van der Waals surface area contributed by atoms with Gasteiger partial charge >= 0.3 is 0 Å². The molecule has 2 aromatic rings. The number of carbonyl (C=O) groups is 2.